The lowest BCUT2D eigenvalue weighted by atomic mass is 10.1. The Morgan fingerprint density at radius 2 is 1.88 bits per heavy atom. The topological polar surface area (TPSA) is 61.9 Å². The van der Waals surface area contributed by atoms with Crippen LogP contribution in [-0.2, 0) is 6.54 Å². The summed E-state index contributed by atoms with van der Waals surface area (Å²) < 4.78 is 1.78. The number of rotatable bonds is 4. The van der Waals surface area contributed by atoms with E-state index in [2.05, 4.69) is 11.1 Å². The van der Waals surface area contributed by atoms with Crippen LogP contribution < -0.4 is 0 Å². The van der Waals surface area contributed by atoms with Crippen LogP contribution in [-0.4, -0.2) is 27.4 Å². The minimum atomic E-state index is -0.110. The molecule has 0 spiro atoms. The highest BCUT2D eigenvalue weighted by Crippen LogP contribution is 2.14. The predicted octanol–water partition coefficient (Wildman–Crippen LogP) is 3.02. The number of hydrogen-bond donors (Lipinski definition) is 0. The number of aromatic nitrogens is 2. The molecule has 5 heteroatoms. The van der Waals surface area contributed by atoms with Gasteiger partial charge in [0.15, 0.2) is 0 Å². The molecular formula is C19H16N4O. The van der Waals surface area contributed by atoms with Gasteiger partial charge >= 0.3 is 0 Å². The zero-order valence-electron chi connectivity index (χ0n) is 13.3. The maximum absolute atomic E-state index is 12.7. The van der Waals surface area contributed by atoms with Gasteiger partial charge in [-0.05, 0) is 29.8 Å². The lowest BCUT2D eigenvalue weighted by Crippen LogP contribution is -2.28. The van der Waals surface area contributed by atoms with E-state index in [1.807, 2.05) is 42.5 Å². The van der Waals surface area contributed by atoms with E-state index < -0.39 is 0 Å². The van der Waals surface area contributed by atoms with Gasteiger partial charge in [0.1, 0.15) is 5.69 Å². The Bertz CT molecular complexity index is 876. The molecule has 0 radical (unpaired) electrons. The maximum atomic E-state index is 12.7. The largest absolute Gasteiger partial charge is 0.336 e. The zero-order chi connectivity index (χ0) is 16.9. The van der Waals surface area contributed by atoms with Crippen molar-refractivity contribution in [1.29, 1.82) is 5.26 Å². The molecule has 0 N–H and O–H groups in total. The van der Waals surface area contributed by atoms with E-state index in [0.717, 1.165) is 11.3 Å². The fraction of sp³-hybridized carbons (Fsp3) is 0.105. The molecule has 0 bridgehead atoms. The number of carbonyl (C=O) groups is 1. The number of carbonyl (C=O) groups excluding carboxylic acids is 1. The maximum Gasteiger partial charge on any atom is 0.272 e. The van der Waals surface area contributed by atoms with Gasteiger partial charge in [0.05, 0.1) is 24.2 Å². The fourth-order valence-corrected chi connectivity index (χ4v) is 2.47. The van der Waals surface area contributed by atoms with Crippen LogP contribution in [0.5, 0.6) is 0 Å². The lowest BCUT2D eigenvalue weighted by Gasteiger charge is -2.18. The average Bonchev–Trinajstić information content (AvgIpc) is 3.12. The van der Waals surface area contributed by atoms with Crippen LogP contribution in [0.3, 0.4) is 0 Å². The van der Waals surface area contributed by atoms with Gasteiger partial charge in [-0.25, -0.2) is 4.98 Å². The zero-order valence-corrected chi connectivity index (χ0v) is 13.3. The summed E-state index contributed by atoms with van der Waals surface area (Å²) in [5.41, 5.74) is 2.98. The summed E-state index contributed by atoms with van der Waals surface area (Å²) in [7, 11) is 1.75. The lowest BCUT2D eigenvalue weighted by molar-refractivity contribution is 0.0777. The molecule has 118 valence electrons. The minimum Gasteiger partial charge on any atom is -0.336 e. The van der Waals surface area contributed by atoms with Gasteiger partial charge in [-0.15, -0.1) is 0 Å². The standard InChI is InChI=1S/C19H16N4O/c1-22(13-16-9-7-15(11-20)8-10-16)19(24)18-12-21-14-23(18)17-5-3-2-4-6-17/h2-10,12,14H,13H2,1H3. The summed E-state index contributed by atoms with van der Waals surface area (Å²) in [5.74, 6) is -0.110. The van der Waals surface area contributed by atoms with Gasteiger partial charge in [0.2, 0.25) is 0 Å². The van der Waals surface area contributed by atoms with Crippen LogP contribution in [0.25, 0.3) is 5.69 Å². The number of nitriles is 1. The number of imidazole rings is 1. The van der Waals surface area contributed by atoms with E-state index in [0.29, 0.717) is 17.8 Å². The van der Waals surface area contributed by atoms with Crippen molar-refractivity contribution in [3.63, 3.8) is 0 Å². The van der Waals surface area contributed by atoms with Crippen molar-refractivity contribution >= 4 is 5.91 Å². The smallest absolute Gasteiger partial charge is 0.272 e. The highest BCUT2D eigenvalue weighted by molar-refractivity contribution is 5.92. The van der Waals surface area contributed by atoms with E-state index in [4.69, 9.17) is 5.26 Å². The summed E-state index contributed by atoms with van der Waals surface area (Å²) in [5, 5.41) is 8.84. The molecule has 0 aliphatic rings. The first-order valence-corrected chi connectivity index (χ1v) is 7.51. The van der Waals surface area contributed by atoms with Crippen molar-refractivity contribution in [2.45, 2.75) is 6.54 Å². The molecule has 5 nitrogen and oxygen atoms in total. The quantitative estimate of drug-likeness (QED) is 0.743. The van der Waals surface area contributed by atoms with Crippen LogP contribution in [0.4, 0.5) is 0 Å². The minimum absolute atomic E-state index is 0.110. The molecule has 1 aromatic heterocycles. The van der Waals surface area contributed by atoms with Crippen molar-refractivity contribution in [3.05, 3.63) is 83.9 Å². The Morgan fingerprint density at radius 3 is 2.54 bits per heavy atom. The van der Waals surface area contributed by atoms with E-state index in [1.54, 1.807) is 41.2 Å². The Labute approximate surface area is 140 Å². The van der Waals surface area contributed by atoms with E-state index in [9.17, 15) is 4.79 Å². The summed E-state index contributed by atoms with van der Waals surface area (Å²) in [4.78, 5) is 18.5. The van der Waals surface area contributed by atoms with Crippen LogP contribution in [0.1, 0.15) is 21.6 Å². The third-order valence-corrected chi connectivity index (χ3v) is 3.74. The van der Waals surface area contributed by atoms with Gasteiger partial charge in [0.25, 0.3) is 5.91 Å². The molecular weight excluding hydrogens is 300 g/mol. The van der Waals surface area contributed by atoms with Crippen LogP contribution in [0, 0.1) is 11.3 Å². The molecule has 0 aliphatic heterocycles. The molecule has 0 fully saturated rings. The van der Waals surface area contributed by atoms with Gasteiger partial charge in [-0.3, -0.25) is 9.36 Å². The van der Waals surface area contributed by atoms with Crippen LogP contribution in [0.15, 0.2) is 67.1 Å². The predicted molar refractivity (Wildman–Crippen MR) is 90.5 cm³/mol. The highest BCUT2D eigenvalue weighted by atomic mass is 16.2. The van der Waals surface area contributed by atoms with Gasteiger partial charge in [-0.1, -0.05) is 30.3 Å². The number of para-hydroxylation sites is 1. The number of amides is 1. The molecule has 2 aromatic carbocycles. The molecule has 0 saturated heterocycles. The second kappa shape index (κ2) is 6.80. The third-order valence-electron chi connectivity index (χ3n) is 3.74. The molecule has 24 heavy (non-hydrogen) atoms. The first-order valence-electron chi connectivity index (χ1n) is 7.51. The average molecular weight is 316 g/mol. The molecule has 0 atom stereocenters. The molecule has 1 amide bonds. The Morgan fingerprint density at radius 1 is 1.17 bits per heavy atom. The summed E-state index contributed by atoms with van der Waals surface area (Å²) in [6.45, 7) is 0.463. The van der Waals surface area contributed by atoms with Crippen molar-refractivity contribution in [2.24, 2.45) is 0 Å². The fourth-order valence-electron chi connectivity index (χ4n) is 2.47. The van der Waals surface area contributed by atoms with E-state index in [-0.39, 0.29) is 5.91 Å². The van der Waals surface area contributed by atoms with Crippen LogP contribution >= 0.6 is 0 Å². The highest BCUT2D eigenvalue weighted by Gasteiger charge is 2.17. The van der Waals surface area contributed by atoms with Gasteiger partial charge < -0.3 is 4.90 Å². The second-order valence-electron chi connectivity index (χ2n) is 5.45. The van der Waals surface area contributed by atoms with Crippen molar-refractivity contribution in [2.75, 3.05) is 7.05 Å². The van der Waals surface area contributed by atoms with E-state index in [1.165, 1.54) is 0 Å². The van der Waals surface area contributed by atoms with Crippen molar-refractivity contribution in [1.82, 2.24) is 14.5 Å². The Hall–Kier alpha value is -3.39. The number of nitrogens with zero attached hydrogens (tertiary/aromatic N) is 4. The summed E-state index contributed by atoms with van der Waals surface area (Å²) >= 11 is 0. The number of hydrogen-bond acceptors (Lipinski definition) is 3. The van der Waals surface area contributed by atoms with Crippen molar-refractivity contribution in [3.8, 4) is 11.8 Å². The molecule has 0 aliphatic carbocycles. The Kier molecular flexibility index (Phi) is 4.39. The van der Waals surface area contributed by atoms with Gasteiger partial charge in [0, 0.05) is 19.3 Å². The van der Waals surface area contributed by atoms with Crippen molar-refractivity contribution < 1.29 is 4.79 Å². The molecule has 3 aromatic rings. The first-order chi connectivity index (χ1) is 11.7. The number of benzene rings is 2. The normalized spacial score (nSPS) is 10.2. The first kappa shape index (κ1) is 15.5. The molecule has 0 saturated carbocycles. The second-order valence-corrected chi connectivity index (χ2v) is 5.45. The monoisotopic (exact) mass is 316 g/mol. The summed E-state index contributed by atoms with van der Waals surface area (Å²) in [6.07, 6.45) is 3.21. The van der Waals surface area contributed by atoms with Crippen LogP contribution in [0.2, 0.25) is 0 Å². The summed E-state index contributed by atoms with van der Waals surface area (Å²) in [6, 6.07) is 18.9. The molecule has 1 heterocycles. The SMILES string of the molecule is CN(Cc1ccc(C#N)cc1)C(=O)c1cncn1-c1ccccc1. The van der Waals surface area contributed by atoms with Gasteiger partial charge in [-0.2, -0.15) is 5.26 Å². The third kappa shape index (κ3) is 3.18. The molecule has 0 unspecified atom stereocenters. The van der Waals surface area contributed by atoms with E-state index >= 15 is 0 Å². The molecule has 3 rings (SSSR count). The Balaban J connectivity index is 1.79.